The van der Waals surface area contributed by atoms with Gasteiger partial charge in [0.15, 0.2) is 0 Å². The standard InChI is InChI=1S/C25H26F6N2O2/c1-16(17-12-19(24(26,27)28)14-20(13-17)25(29,30)31)35-15-23(32-2,18-6-4-3-5-7-18)11-10-21-8-9-22(34)33-21/h3-8,12-14,16,32H,9-11,15H2,1-2H3,(H,33,34)/t16-,23-/m1/s1. The fraction of sp³-hybridized carbons (Fsp3) is 0.400. The zero-order valence-corrected chi connectivity index (χ0v) is 19.2. The van der Waals surface area contributed by atoms with Gasteiger partial charge in [-0.3, -0.25) is 4.79 Å². The third-order valence-corrected chi connectivity index (χ3v) is 6.12. The van der Waals surface area contributed by atoms with Gasteiger partial charge >= 0.3 is 12.4 Å². The quantitative estimate of drug-likeness (QED) is 0.409. The minimum atomic E-state index is -4.94. The largest absolute Gasteiger partial charge is 0.416 e. The van der Waals surface area contributed by atoms with Gasteiger partial charge in [-0.15, -0.1) is 0 Å². The van der Waals surface area contributed by atoms with Crippen LogP contribution in [-0.4, -0.2) is 19.6 Å². The first-order valence-corrected chi connectivity index (χ1v) is 11.0. The maximum absolute atomic E-state index is 13.3. The molecule has 190 valence electrons. The number of hydrogen-bond acceptors (Lipinski definition) is 3. The molecule has 0 unspecified atom stereocenters. The SMILES string of the molecule is CN[C@](CCC1=CCC(=O)N1)(CO[C@H](C)c1cc(C(F)(F)F)cc(C(F)(F)F)c1)c1ccccc1. The first kappa shape index (κ1) is 26.7. The Balaban J connectivity index is 1.87. The smallest absolute Gasteiger partial charge is 0.372 e. The average Bonchev–Trinajstić information content (AvgIpc) is 3.23. The van der Waals surface area contributed by atoms with E-state index >= 15 is 0 Å². The zero-order chi connectivity index (χ0) is 25.9. The molecule has 2 N–H and O–H groups in total. The molecule has 3 rings (SSSR count). The Kier molecular flexibility index (Phi) is 7.96. The summed E-state index contributed by atoms with van der Waals surface area (Å²) in [6.45, 7) is 1.38. The summed E-state index contributed by atoms with van der Waals surface area (Å²) >= 11 is 0. The number of carbonyl (C=O) groups excluding carboxylic acids is 1. The summed E-state index contributed by atoms with van der Waals surface area (Å²) in [6.07, 6.45) is -7.90. The maximum atomic E-state index is 13.3. The molecule has 2 aromatic carbocycles. The first-order valence-electron chi connectivity index (χ1n) is 11.0. The van der Waals surface area contributed by atoms with Crippen LogP contribution in [0.3, 0.4) is 0 Å². The Labute approximate surface area is 199 Å². The molecular weight excluding hydrogens is 474 g/mol. The van der Waals surface area contributed by atoms with Crippen molar-refractivity contribution in [1.82, 2.24) is 10.6 Å². The van der Waals surface area contributed by atoms with Crippen molar-refractivity contribution in [3.8, 4) is 0 Å². The van der Waals surface area contributed by atoms with Crippen molar-refractivity contribution in [3.63, 3.8) is 0 Å². The van der Waals surface area contributed by atoms with Crippen LogP contribution in [0.25, 0.3) is 0 Å². The summed E-state index contributed by atoms with van der Waals surface area (Å²) in [5, 5.41) is 5.99. The Morgan fingerprint density at radius 2 is 1.57 bits per heavy atom. The van der Waals surface area contributed by atoms with E-state index in [2.05, 4.69) is 10.6 Å². The molecular formula is C25H26F6N2O2. The molecule has 4 nitrogen and oxygen atoms in total. The molecule has 1 aliphatic rings. The van der Waals surface area contributed by atoms with Crippen molar-refractivity contribution in [3.05, 3.63) is 82.6 Å². The molecule has 0 radical (unpaired) electrons. The molecule has 2 aromatic rings. The summed E-state index contributed by atoms with van der Waals surface area (Å²) in [5.41, 5.74) is -2.21. The van der Waals surface area contributed by atoms with Crippen LogP contribution in [-0.2, 0) is 27.4 Å². The number of likely N-dealkylation sites (N-methyl/N-ethyl adjacent to an activating group) is 1. The number of rotatable bonds is 9. The molecule has 0 fully saturated rings. The summed E-state index contributed by atoms with van der Waals surface area (Å²) in [6, 6.07) is 10.7. The fourth-order valence-corrected chi connectivity index (χ4v) is 3.99. The second-order valence-corrected chi connectivity index (χ2v) is 8.47. The van der Waals surface area contributed by atoms with E-state index in [-0.39, 0.29) is 30.6 Å². The maximum Gasteiger partial charge on any atom is 0.416 e. The second kappa shape index (κ2) is 10.4. The lowest BCUT2D eigenvalue weighted by molar-refractivity contribution is -0.143. The van der Waals surface area contributed by atoms with E-state index < -0.39 is 35.1 Å². The molecule has 0 aliphatic carbocycles. The van der Waals surface area contributed by atoms with Gasteiger partial charge in [-0.1, -0.05) is 36.4 Å². The molecule has 0 saturated heterocycles. The molecule has 0 bridgehead atoms. The van der Waals surface area contributed by atoms with Gasteiger partial charge in [-0.25, -0.2) is 0 Å². The molecule has 1 amide bonds. The van der Waals surface area contributed by atoms with Crippen molar-refractivity contribution in [2.45, 2.75) is 50.2 Å². The van der Waals surface area contributed by atoms with Gasteiger partial charge in [0, 0.05) is 12.1 Å². The molecule has 10 heteroatoms. The van der Waals surface area contributed by atoms with E-state index in [1.165, 1.54) is 6.92 Å². The Hall–Kier alpha value is -2.85. The minimum absolute atomic E-state index is 0.0342. The van der Waals surface area contributed by atoms with Crippen molar-refractivity contribution in [1.29, 1.82) is 0 Å². The highest BCUT2D eigenvalue weighted by Gasteiger charge is 2.38. The molecule has 0 aromatic heterocycles. The molecule has 0 spiro atoms. The van der Waals surface area contributed by atoms with Crippen molar-refractivity contribution in [2.75, 3.05) is 13.7 Å². The number of allylic oxidation sites excluding steroid dienone is 1. The summed E-state index contributed by atoms with van der Waals surface area (Å²) in [4.78, 5) is 11.5. The Bertz CT molecular complexity index is 1030. The van der Waals surface area contributed by atoms with E-state index in [1.54, 1.807) is 13.1 Å². The molecule has 1 aliphatic heterocycles. The van der Waals surface area contributed by atoms with Gasteiger partial charge in [0.1, 0.15) is 0 Å². The third kappa shape index (κ3) is 6.64. The Morgan fingerprint density at radius 1 is 0.971 bits per heavy atom. The van der Waals surface area contributed by atoms with Crippen molar-refractivity contribution >= 4 is 5.91 Å². The first-order chi connectivity index (χ1) is 16.3. The number of benzene rings is 2. The van der Waals surface area contributed by atoms with E-state index in [0.717, 1.165) is 11.3 Å². The Morgan fingerprint density at radius 3 is 2.06 bits per heavy atom. The van der Waals surface area contributed by atoms with Crippen LogP contribution < -0.4 is 10.6 Å². The van der Waals surface area contributed by atoms with E-state index in [1.807, 2.05) is 30.3 Å². The van der Waals surface area contributed by atoms with Gasteiger partial charge in [-0.2, -0.15) is 26.3 Å². The number of carbonyl (C=O) groups is 1. The highest BCUT2D eigenvalue weighted by molar-refractivity contribution is 5.82. The van der Waals surface area contributed by atoms with Crippen LogP contribution in [0.4, 0.5) is 26.3 Å². The highest BCUT2D eigenvalue weighted by atomic mass is 19.4. The molecule has 35 heavy (non-hydrogen) atoms. The van der Waals surface area contributed by atoms with Gasteiger partial charge in [0.05, 0.1) is 29.4 Å². The zero-order valence-electron chi connectivity index (χ0n) is 19.2. The number of nitrogens with one attached hydrogen (secondary N) is 2. The number of ether oxygens (including phenoxy) is 1. The van der Waals surface area contributed by atoms with Gasteiger partial charge < -0.3 is 15.4 Å². The van der Waals surface area contributed by atoms with Crippen LogP contribution in [0, 0.1) is 0 Å². The van der Waals surface area contributed by atoms with Crippen LogP contribution in [0.1, 0.15) is 54.5 Å². The normalized spacial score (nSPS) is 17.0. The summed E-state index contributed by atoms with van der Waals surface area (Å²) in [5.74, 6) is -0.107. The van der Waals surface area contributed by atoms with E-state index in [0.29, 0.717) is 25.0 Å². The number of alkyl halides is 6. The summed E-state index contributed by atoms with van der Waals surface area (Å²) < 4.78 is 85.5. The third-order valence-electron chi connectivity index (χ3n) is 6.12. The predicted octanol–water partition coefficient (Wildman–Crippen LogP) is 6.10. The lowest BCUT2D eigenvalue weighted by Crippen LogP contribution is -2.45. The average molecular weight is 500 g/mol. The lowest BCUT2D eigenvalue weighted by Gasteiger charge is -2.35. The van der Waals surface area contributed by atoms with Crippen LogP contribution in [0.5, 0.6) is 0 Å². The number of hydrogen-bond donors (Lipinski definition) is 2. The molecule has 0 saturated carbocycles. The van der Waals surface area contributed by atoms with Crippen molar-refractivity contribution in [2.24, 2.45) is 0 Å². The van der Waals surface area contributed by atoms with E-state index in [9.17, 15) is 31.1 Å². The highest BCUT2D eigenvalue weighted by Crippen LogP contribution is 2.38. The predicted molar refractivity (Wildman–Crippen MR) is 118 cm³/mol. The monoisotopic (exact) mass is 500 g/mol. The van der Waals surface area contributed by atoms with Gasteiger partial charge in [-0.05, 0) is 56.1 Å². The van der Waals surface area contributed by atoms with Gasteiger partial charge in [0.25, 0.3) is 0 Å². The topological polar surface area (TPSA) is 50.4 Å². The van der Waals surface area contributed by atoms with Gasteiger partial charge in [0.2, 0.25) is 5.91 Å². The fourth-order valence-electron chi connectivity index (χ4n) is 3.99. The van der Waals surface area contributed by atoms with Crippen LogP contribution >= 0.6 is 0 Å². The minimum Gasteiger partial charge on any atom is -0.372 e. The second-order valence-electron chi connectivity index (χ2n) is 8.47. The molecule has 2 atom stereocenters. The van der Waals surface area contributed by atoms with Crippen LogP contribution in [0.15, 0.2) is 60.3 Å². The summed E-state index contributed by atoms with van der Waals surface area (Å²) in [7, 11) is 1.70. The van der Waals surface area contributed by atoms with Crippen LogP contribution in [0.2, 0.25) is 0 Å². The molecule has 1 heterocycles. The number of halogens is 6. The van der Waals surface area contributed by atoms with E-state index in [4.69, 9.17) is 4.74 Å². The van der Waals surface area contributed by atoms with Crippen molar-refractivity contribution < 1.29 is 35.9 Å². The number of amides is 1. The lowest BCUT2D eigenvalue weighted by atomic mass is 9.85.